The maximum Gasteiger partial charge on any atom is 0.281 e. The molecule has 26 heavy (non-hydrogen) atoms. The summed E-state index contributed by atoms with van der Waals surface area (Å²) in [6.45, 7) is 3.90. The van der Waals surface area contributed by atoms with Crippen LogP contribution in [0.5, 0.6) is 5.88 Å². The number of aromatic hydroxyl groups is 1. The number of aromatic nitrogens is 1. The molecule has 1 heterocycles. The maximum absolute atomic E-state index is 12.7. The van der Waals surface area contributed by atoms with Crippen molar-refractivity contribution in [2.75, 3.05) is 0 Å². The van der Waals surface area contributed by atoms with Crippen molar-refractivity contribution in [1.82, 2.24) is 4.57 Å². The van der Waals surface area contributed by atoms with Gasteiger partial charge in [-0.15, -0.1) is 5.11 Å². The molecule has 2 aromatic rings. The number of unbranched alkanes of at least 4 members (excludes halogenated alkanes) is 2. The van der Waals surface area contributed by atoms with Gasteiger partial charge in [0.1, 0.15) is 11.6 Å². The molecule has 1 aromatic heterocycles. The first-order chi connectivity index (χ1) is 12.4. The van der Waals surface area contributed by atoms with Crippen LogP contribution in [0.15, 0.2) is 33.2 Å². The lowest BCUT2D eigenvalue weighted by molar-refractivity contribution is 0.398. The van der Waals surface area contributed by atoms with E-state index in [1.807, 2.05) is 13.0 Å². The van der Waals surface area contributed by atoms with Gasteiger partial charge in [-0.05, 0) is 31.5 Å². The Hall–Kier alpha value is -2.36. The minimum Gasteiger partial charge on any atom is -0.493 e. The second-order valence-electron chi connectivity index (χ2n) is 5.75. The molecule has 0 radical (unpaired) electrons. The monoisotopic (exact) mass is 392 g/mol. The fourth-order valence-electron chi connectivity index (χ4n) is 2.44. The highest BCUT2D eigenvalue weighted by atomic mass is 35.5. The van der Waals surface area contributed by atoms with E-state index >= 15 is 0 Å². The quantitative estimate of drug-likeness (QED) is 0.508. The average molecular weight is 393 g/mol. The third-order valence-corrected chi connectivity index (χ3v) is 4.66. The van der Waals surface area contributed by atoms with Gasteiger partial charge in [0.2, 0.25) is 5.88 Å². The average Bonchev–Trinajstić information content (AvgIpc) is 2.61. The summed E-state index contributed by atoms with van der Waals surface area (Å²) in [6.07, 6.45) is 2.58. The number of hydrogen-bond donors (Lipinski definition) is 1. The molecule has 0 unspecified atom stereocenters. The van der Waals surface area contributed by atoms with E-state index in [1.54, 1.807) is 19.1 Å². The number of benzene rings is 1. The molecule has 0 spiro atoms. The summed E-state index contributed by atoms with van der Waals surface area (Å²) in [4.78, 5) is 12.7. The first-order valence-electron chi connectivity index (χ1n) is 8.14. The molecule has 0 fully saturated rings. The Balaban J connectivity index is 2.51. The molecule has 0 aliphatic heterocycles. The molecule has 0 saturated carbocycles. The number of azo groups is 1. The molecule has 0 amide bonds. The number of halogens is 2. The summed E-state index contributed by atoms with van der Waals surface area (Å²) in [7, 11) is 0. The van der Waals surface area contributed by atoms with Gasteiger partial charge in [-0.1, -0.05) is 43.0 Å². The molecular formula is C18H18Cl2N4O2. The van der Waals surface area contributed by atoms with Gasteiger partial charge >= 0.3 is 0 Å². The lowest BCUT2D eigenvalue weighted by Gasteiger charge is -2.12. The van der Waals surface area contributed by atoms with Gasteiger partial charge in [-0.25, -0.2) is 0 Å². The molecule has 6 nitrogen and oxygen atoms in total. The smallest absolute Gasteiger partial charge is 0.281 e. The summed E-state index contributed by atoms with van der Waals surface area (Å²) < 4.78 is 1.17. The summed E-state index contributed by atoms with van der Waals surface area (Å²) in [5, 5.41) is 28.3. The van der Waals surface area contributed by atoms with Crippen LogP contribution in [0.2, 0.25) is 10.0 Å². The minimum atomic E-state index is -0.487. The van der Waals surface area contributed by atoms with Gasteiger partial charge in [0.25, 0.3) is 5.56 Å². The van der Waals surface area contributed by atoms with Crippen LogP contribution in [0.3, 0.4) is 0 Å². The van der Waals surface area contributed by atoms with Crippen molar-refractivity contribution in [2.24, 2.45) is 10.2 Å². The van der Waals surface area contributed by atoms with Gasteiger partial charge < -0.3 is 5.11 Å². The van der Waals surface area contributed by atoms with E-state index in [-0.39, 0.29) is 22.7 Å². The van der Waals surface area contributed by atoms with E-state index in [9.17, 15) is 15.2 Å². The molecule has 0 aliphatic carbocycles. The largest absolute Gasteiger partial charge is 0.493 e. The van der Waals surface area contributed by atoms with Crippen molar-refractivity contribution in [3.05, 3.63) is 49.7 Å². The molecule has 0 saturated heterocycles. The van der Waals surface area contributed by atoms with Crippen molar-refractivity contribution in [2.45, 2.75) is 39.7 Å². The molecule has 2 rings (SSSR count). The molecule has 0 bridgehead atoms. The lowest BCUT2D eigenvalue weighted by atomic mass is 10.1. The first kappa shape index (κ1) is 20.0. The Bertz CT molecular complexity index is 946. The molecule has 0 atom stereocenters. The summed E-state index contributed by atoms with van der Waals surface area (Å²) >= 11 is 11.8. The van der Waals surface area contributed by atoms with Gasteiger partial charge in [0.05, 0.1) is 15.7 Å². The van der Waals surface area contributed by atoms with Gasteiger partial charge in [0.15, 0.2) is 5.69 Å². The van der Waals surface area contributed by atoms with Crippen LogP contribution >= 0.6 is 23.2 Å². The Labute approximate surface area is 161 Å². The van der Waals surface area contributed by atoms with Crippen molar-refractivity contribution < 1.29 is 5.11 Å². The Morgan fingerprint density at radius 1 is 1.23 bits per heavy atom. The van der Waals surface area contributed by atoms with Crippen molar-refractivity contribution >= 4 is 34.6 Å². The highest BCUT2D eigenvalue weighted by Gasteiger charge is 2.18. The predicted octanol–water partition coefficient (Wildman–Crippen LogP) is 5.65. The minimum absolute atomic E-state index is 0.0157. The first-order valence-corrected chi connectivity index (χ1v) is 8.89. The molecular weight excluding hydrogens is 375 g/mol. The number of rotatable bonds is 6. The van der Waals surface area contributed by atoms with Gasteiger partial charge in [0, 0.05) is 12.1 Å². The van der Waals surface area contributed by atoms with Crippen LogP contribution in [-0.2, 0) is 6.54 Å². The molecule has 1 N–H and O–H groups in total. The summed E-state index contributed by atoms with van der Waals surface area (Å²) in [5.74, 6) is -0.334. The topological polar surface area (TPSA) is 90.7 Å². The van der Waals surface area contributed by atoms with Crippen LogP contribution in [-0.4, -0.2) is 9.67 Å². The normalized spacial score (nSPS) is 11.0. The second kappa shape index (κ2) is 8.84. The van der Waals surface area contributed by atoms with Gasteiger partial charge in [-0.2, -0.15) is 10.4 Å². The van der Waals surface area contributed by atoms with E-state index in [0.717, 1.165) is 12.8 Å². The van der Waals surface area contributed by atoms with E-state index < -0.39 is 5.56 Å². The number of nitrogens with zero attached hydrogens (tertiary/aromatic N) is 4. The highest BCUT2D eigenvalue weighted by Crippen LogP contribution is 2.29. The van der Waals surface area contributed by atoms with Crippen molar-refractivity contribution in [1.29, 1.82) is 5.26 Å². The number of nitriles is 1. The lowest BCUT2D eigenvalue weighted by Crippen LogP contribution is -2.22. The summed E-state index contributed by atoms with van der Waals surface area (Å²) in [5.41, 5.74) is 0.248. The fraction of sp³-hybridized carbons (Fsp3) is 0.333. The number of pyridine rings is 1. The molecule has 8 heteroatoms. The second-order valence-corrected chi connectivity index (χ2v) is 6.56. The third kappa shape index (κ3) is 4.24. The SMILES string of the molecule is CCCCCn1c(O)c(C#N)c(C)c(N=Nc2ccc(Cl)c(Cl)c2)c1=O. The van der Waals surface area contributed by atoms with Crippen LogP contribution < -0.4 is 5.56 Å². The standard InChI is InChI=1S/C18H18Cl2N4O2/c1-3-4-5-8-24-17(25)13(10-21)11(2)16(18(24)26)23-22-12-6-7-14(19)15(20)9-12/h6-7,9,25H,3-5,8H2,1-2H3. The zero-order valence-electron chi connectivity index (χ0n) is 14.5. The molecule has 136 valence electrons. The van der Waals surface area contributed by atoms with Crippen LogP contribution in [0.1, 0.15) is 37.3 Å². The highest BCUT2D eigenvalue weighted by molar-refractivity contribution is 6.42. The molecule has 1 aromatic carbocycles. The van der Waals surface area contributed by atoms with Crippen molar-refractivity contribution in [3.8, 4) is 11.9 Å². The van der Waals surface area contributed by atoms with E-state index in [2.05, 4.69) is 10.2 Å². The summed E-state index contributed by atoms with van der Waals surface area (Å²) in [6, 6.07) is 6.63. The third-order valence-electron chi connectivity index (χ3n) is 3.92. The number of hydrogen-bond acceptors (Lipinski definition) is 5. The maximum atomic E-state index is 12.7. The van der Waals surface area contributed by atoms with Crippen LogP contribution in [0, 0.1) is 18.3 Å². The Morgan fingerprint density at radius 2 is 1.96 bits per heavy atom. The van der Waals surface area contributed by atoms with E-state index in [4.69, 9.17) is 23.2 Å². The Morgan fingerprint density at radius 3 is 2.58 bits per heavy atom. The van der Waals surface area contributed by atoms with E-state index in [0.29, 0.717) is 28.7 Å². The fourth-order valence-corrected chi connectivity index (χ4v) is 2.73. The van der Waals surface area contributed by atoms with Gasteiger partial charge in [-0.3, -0.25) is 9.36 Å². The van der Waals surface area contributed by atoms with Crippen LogP contribution in [0.25, 0.3) is 0 Å². The van der Waals surface area contributed by atoms with Crippen LogP contribution in [0.4, 0.5) is 11.4 Å². The Kier molecular flexibility index (Phi) is 6.78. The van der Waals surface area contributed by atoms with E-state index in [1.165, 1.54) is 10.6 Å². The molecule has 0 aliphatic rings. The zero-order valence-corrected chi connectivity index (χ0v) is 16.0. The van der Waals surface area contributed by atoms with Crippen molar-refractivity contribution in [3.63, 3.8) is 0 Å². The zero-order chi connectivity index (χ0) is 19.3. The predicted molar refractivity (Wildman–Crippen MR) is 102 cm³/mol.